The first-order valence-corrected chi connectivity index (χ1v) is 7.16. The molecular formula is C12H10Br2ClN3. The van der Waals surface area contributed by atoms with Crippen LogP contribution in [0.4, 0.5) is 5.82 Å². The van der Waals surface area contributed by atoms with E-state index in [0.717, 1.165) is 26.0 Å². The third-order valence-corrected chi connectivity index (χ3v) is 4.20. The first-order chi connectivity index (χ1) is 8.52. The van der Waals surface area contributed by atoms with Crippen LogP contribution in [0, 0.1) is 6.92 Å². The molecule has 0 saturated carbocycles. The van der Waals surface area contributed by atoms with Gasteiger partial charge in [0.2, 0.25) is 0 Å². The number of rotatable bonds is 2. The number of aromatic nitrogens is 2. The van der Waals surface area contributed by atoms with Crippen LogP contribution < -0.4 is 5.32 Å². The van der Waals surface area contributed by atoms with Gasteiger partial charge in [-0.05, 0) is 41.1 Å². The molecule has 3 nitrogen and oxygen atoms in total. The van der Waals surface area contributed by atoms with E-state index >= 15 is 0 Å². The lowest BCUT2D eigenvalue weighted by atomic mass is 10.2. The largest absolute Gasteiger partial charge is 0.372 e. The monoisotopic (exact) mass is 389 g/mol. The highest BCUT2D eigenvalue weighted by Gasteiger charge is 2.12. The number of hydrogen-bond acceptors (Lipinski definition) is 3. The van der Waals surface area contributed by atoms with Crippen LogP contribution in [-0.4, -0.2) is 17.0 Å². The summed E-state index contributed by atoms with van der Waals surface area (Å²) >= 11 is 13.1. The van der Waals surface area contributed by atoms with Gasteiger partial charge in [-0.15, -0.1) is 0 Å². The standard InChI is InChI=1S/C12H10Br2ClN3/c1-6-10(14)12(16-2)18-11(17-6)8-5-7(13)3-4-9(8)15/h3-5H,1-2H3,(H,16,17,18). The normalized spacial score (nSPS) is 10.5. The third kappa shape index (κ3) is 2.68. The van der Waals surface area contributed by atoms with Crippen LogP contribution in [0.25, 0.3) is 11.4 Å². The molecule has 0 bridgehead atoms. The van der Waals surface area contributed by atoms with Gasteiger partial charge >= 0.3 is 0 Å². The highest BCUT2D eigenvalue weighted by atomic mass is 79.9. The van der Waals surface area contributed by atoms with E-state index < -0.39 is 0 Å². The average molecular weight is 391 g/mol. The summed E-state index contributed by atoms with van der Waals surface area (Å²) in [6.45, 7) is 1.92. The number of halogens is 3. The van der Waals surface area contributed by atoms with E-state index in [1.54, 1.807) is 0 Å². The van der Waals surface area contributed by atoms with Crippen LogP contribution in [0.5, 0.6) is 0 Å². The average Bonchev–Trinajstić information content (AvgIpc) is 2.35. The minimum Gasteiger partial charge on any atom is -0.372 e. The molecule has 0 aliphatic rings. The Kier molecular flexibility index (Phi) is 4.25. The van der Waals surface area contributed by atoms with Crippen molar-refractivity contribution in [1.29, 1.82) is 0 Å². The summed E-state index contributed by atoms with van der Waals surface area (Å²) < 4.78 is 1.80. The smallest absolute Gasteiger partial charge is 0.163 e. The van der Waals surface area contributed by atoms with Gasteiger partial charge in [0, 0.05) is 17.1 Å². The highest BCUT2D eigenvalue weighted by Crippen LogP contribution is 2.31. The van der Waals surface area contributed by atoms with Crippen LogP contribution in [0.15, 0.2) is 27.1 Å². The van der Waals surface area contributed by atoms with Gasteiger partial charge in [-0.2, -0.15) is 0 Å². The summed E-state index contributed by atoms with van der Waals surface area (Å²) in [5.74, 6) is 1.35. The van der Waals surface area contributed by atoms with Gasteiger partial charge in [0.15, 0.2) is 5.82 Å². The van der Waals surface area contributed by atoms with E-state index in [1.165, 1.54) is 0 Å². The van der Waals surface area contributed by atoms with Crippen LogP contribution >= 0.6 is 43.5 Å². The predicted octanol–water partition coefficient (Wildman–Crippen LogP) is 4.67. The quantitative estimate of drug-likeness (QED) is 0.808. The van der Waals surface area contributed by atoms with Crippen LogP contribution in [0.2, 0.25) is 5.02 Å². The molecule has 2 rings (SSSR count). The van der Waals surface area contributed by atoms with Crippen molar-refractivity contribution in [1.82, 2.24) is 9.97 Å². The van der Waals surface area contributed by atoms with Crippen LogP contribution in [0.3, 0.4) is 0 Å². The molecule has 0 fully saturated rings. The van der Waals surface area contributed by atoms with E-state index in [2.05, 4.69) is 47.1 Å². The van der Waals surface area contributed by atoms with Crippen molar-refractivity contribution in [3.05, 3.63) is 37.9 Å². The molecule has 1 heterocycles. The molecule has 0 spiro atoms. The second-order valence-electron chi connectivity index (χ2n) is 3.67. The summed E-state index contributed by atoms with van der Waals surface area (Å²) in [6, 6.07) is 5.61. The molecule has 18 heavy (non-hydrogen) atoms. The number of aryl methyl sites for hydroxylation is 1. The van der Waals surface area contributed by atoms with E-state index in [4.69, 9.17) is 11.6 Å². The molecule has 6 heteroatoms. The molecule has 0 unspecified atom stereocenters. The number of anilines is 1. The SMILES string of the molecule is CNc1nc(-c2cc(Br)ccc2Cl)nc(C)c1Br. The third-order valence-electron chi connectivity index (χ3n) is 2.42. The molecule has 0 amide bonds. The fourth-order valence-corrected chi connectivity index (χ4v) is 2.45. The summed E-state index contributed by atoms with van der Waals surface area (Å²) in [5, 5.41) is 3.65. The molecule has 0 aliphatic carbocycles. The van der Waals surface area contributed by atoms with Crippen LogP contribution in [0.1, 0.15) is 5.69 Å². The summed E-state index contributed by atoms with van der Waals surface area (Å²) in [4.78, 5) is 8.90. The maximum atomic E-state index is 6.19. The van der Waals surface area contributed by atoms with Crippen molar-refractivity contribution in [2.45, 2.75) is 6.92 Å². The van der Waals surface area contributed by atoms with E-state index in [0.29, 0.717) is 10.8 Å². The van der Waals surface area contributed by atoms with Gasteiger partial charge in [-0.25, -0.2) is 9.97 Å². The lowest BCUT2D eigenvalue weighted by molar-refractivity contribution is 1.09. The Bertz CT molecular complexity index is 602. The van der Waals surface area contributed by atoms with E-state index in [9.17, 15) is 0 Å². The lowest BCUT2D eigenvalue weighted by Crippen LogP contribution is -2.01. The minimum absolute atomic E-state index is 0.603. The van der Waals surface area contributed by atoms with Gasteiger partial charge in [0.05, 0.1) is 15.2 Å². The Morgan fingerprint density at radius 3 is 2.61 bits per heavy atom. The van der Waals surface area contributed by atoms with Gasteiger partial charge in [0.1, 0.15) is 5.82 Å². The van der Waals surface area contributed by atoms with Crippen molar-refractivity contribution in [3.8, 4) is 11.4 Å². The number of benzene rings is 1. The van der Waals surface area contributed by atoms with Crippen LogP contribution in [-0.2, 0) is 0 Å². The van der Waals surface area contributed by atoms with Crippen molar-refractivity contribution in [2.75, 3.05) is 12.4 Å². The maximum absolute atomic E-state index is 6.19. The molecule has 1 N–H and O–H groups in total. The Labute approximate surface area is 127 Å². The van der Waals surface area contributed by atoms with Crippen molar-refractivity contribution in [2.24, 2.45) is 0 Å². The molecule has 1 aromatic carbocycles. The highest BCUT2D eigenvalue weighted by molar-refractivity contribution is 9.11. The Morgan fingerprint density at radius 1 is 1.22 bits per heavy atom. The van der Waals surface area contributed by atoms with Crippen molar-refractivity contribution in [3.63, 3.8) is 0 Å². The first-order valence-electron chi connectivity index (χ1n) is 5.20. The zero-order chi connectivity index (χ0) is 13.3. The molecule has 0 saturated heterocycles. The Balaban J connectivity index is 2.64. The molecule has 2 aromatic rings. The summed E-state index contributed by atoms with van der Waals surface area (Å²) in [5.41, 5.74) is 1.67. The van der Waals surface area contributed by atoms with Crippen molar-refractivity contribution < 1.29 is 0 Å². The van der Waals surface area contributed by atoms with Gasteiger partial charge in [-0.1, -0.05) is 27.5 Å². The van der Waals surface area contributed by atoms with Gasteiger partial charge in [0.25, 0.3) is 0 Å². The zero-order valence-electron chi connectivity index (χ0n) is 9.76. The maximum Gasteiger partial charge on any atom is 0.163 e. The number of nitrogens with one attached hydrogen (secondary N) is 1. The second kappa shape index (κ2) is 5.55. The zero-order valence-corrected chi connectivity index (χ0v) is 13.7. The topological polar surface area (TPSA) is 37.8 Å². The van der Waals surface area contributed by atoms with Gasteiger partial charge < -0.3 is 5.32 Å². The minimum atomic E-state index is 0.603. The Hall–Kier alpha value is -0.650. The molecule has 0 aliphatic heterocycles. The lowest BCUT2D eigenvalue weighted by Gasteiger charge is -2.10. The van der Waals surface area contributed by atoms with E-state index in [1.807, 2.05) is 32.2 Å². The number of nitrogens with zero attached hydrogens (tertiary/aromatic N) is 2. The molecule has 94 valence electrons. The van der Waals surface area contributed by atoms with Crippen molar-refractivity contribution >= 4 is 49.3 Å². The van der Waals surface area contributed by atoms with E-state index in [-0.39, 0.29) is 0 Å². The molecular weight excluding hydrogens is 381 g/mol. The second-order valence-corrected chi connectivity index (χ2v) is 5.79. The predicted molar refractivity (Wildman–Crippen MR) is 82.2 cm³/mol. The first kappa shape index (κ1) is 13.8. The molecule has 0 atom stereocenters. The summed E-state index contributed by atoms with van der Waals surface area (Å²) in [6.07, 6.45) is 0. The molecule has 0 radical (unpaired) electrons. The fourth-order valence-electron chi connectivity index (χ4n) is 1.51. The summed E-state index contributed by atoms with van der Waals surface area (Å²) in [7, 11) is 1.82. The number of hydrogen-bond donors (Lipinski definition) is 1. The fraction of sp³-hybridized carbons (Fsp3) is 0.167. The Morgan fingerprint density at radius 2 is 1.94 bits per heavy atom. The molecule has 1 aromatic heterocycles. The van der Waals surface area contributed by atoms with Gasteiger partial charge in [-0.3, -0.25) is 0 Å².